The van der Waals surface area contributed by atoms with Crippen molar-refractivity contribution in [3.63, 3.8) is 0 Å². The van der Waals surface area contributed by atoms with Gasteiger partial charge in [-0.25, -0.2) is 0 Å². The van der Waals surface area contributed by atoms with Crippen molar-refractivity contribution in [3.05, 3.63) is 0 Å². The highest BCUT2D eigenvalue weighted by Gasteiger charge is 2.34. The van der Waals surface area contributed by atoms with E-state index in [-0.39, 0.29) is 12.0 Å². The SMILES string of the molecule is CC1CCCN(C(=O)C2CCCCCCC2)C1CN. The van der Waals surface area contributed by atoms with Crippen molar-refractivity contribution in [2.45, 2.75) is 70.8 Å². The average molecular weight is 266 g/mol. The molecule has 1 aliphatic heterocycles. The number of nitrogens with two attached hydrogens (primary N) is 1. The predicted octanol–water partition coefficient (Wildman–Crippen LogP) is 2.93. The summed E-state index contributed by atoms with van der Waals surface area (Å²) in [4.78, 5) is 14.9. The Morgan fingerprint density at radius 2 is 1.68 bits per heavy atom. The number of carbonyl (C=O) groups excluding carboxylic acids is 1. The van der Waals surface area contributed by atoms with E-state index in [1.54, 1.807) is 0 Å². The smallest absolute Gasteiger partial charge is 0.225 e. The lowest BCUT2D eigenvalue weighted by molar-refractivity contribution is -0.141. The van der Waals surface area contributed by atoms with Crippen LogP contribution < -0.4 is 5.73 Å². The van der Waals surface area contributed by atoms with E-state index < -0.39 is 0 Å². The van der Waals surface area contributed by atoms with Crippen LogP contribution in [0.15, 0.2) is 0 Å². The van der Waals surface area contributed by atoms with E-state index in [4.69, 9.17) is 5.73 Å². The Morgan fingerprint density at radius 1 is 1.05 bits per heavy atom. The molecule has 110 valence electrons. The van der Waals surface area contributed by atoms with Crippen LogP contribution >= 0.6 is 0 Å². The molecule has 3 nitrogen and oxygen atoms in total. The molecule has 0 bridgehead atoms. The van der Waals surface area contributed by atoms with Gasteiger partial charge in [0, 0.05) is 25.0 Å². The van der Waals surface area contributed by atoms with Gasteiger partial charge >= 0.3 is 0 Å². The number of hydrogen-bond donors (Lipinski definition) is 1. The highest BCUT2D eigenvalue weighted by molar-refractivity contribution is 5.79. The Hall–Kier alpha value is -0.570. The van der Waals surface area contributed by atoms with Crippen LogP contribution in [0.1, 0.15) is 64.7 Å². The van der Waals surface area contributed by atoms with E-state index in [1.807, 2.05) is 0 Å². The molecule has 1 aliphatic carbocycles. The summed E-state index contributed by atoms with van der Waals surface area (Å²) < 4.78 is 0. The fraction of sp³-hybridized carbons (Fsp3) is 0.938. The van der Waals surface area contributed by atoms with Crippen LogP contribution in [-0.4, -0.2) is 29.9 Å². The first-order valence-electron chi connectivity index (χ1n) is 8.24. The molecule has 2 atom stereocenters. The minimum atomic E-state index is 0.277. The van der Waals surface area contributed by atoms with Gasteiger partial charge in [0.1, 0.15) is 0 Å². The largest absolute Gasteiger partial charge is 0.338 e. The summed E-state index contributed by atoms with van der Waals surface area (Å²) in [6.07, 6.45) is 11.0. The van der Waals surface area contributed by atoms with Gasteiger partial charge in [0.2, 0.25) is 5.91 Å². The lowest BCUT2D eigenvalue weighted by Gasteiger charge is -2.41. The van der Waals surface area contributed by atoms with Crippen molar-refractivity contribution >= 4 is 5.91 Å². The summed E-state index contributed by atoms with van der Waals surface area (Å²) in [6, 6.07) is 0.284. The molecular weight excluding hydrogens is 236 g/mol. The summed E-state index contributed by atoms with van der Waals surface area (Å²) in [6.45, 7) is 3.80. The van der Waals surface area contributed by atoms with Gasteiger partial charge < -0.3 is 10.6 Å². The number of amides is 1. The number of likely N-dealkylation sites (tertiary alicyclic amines) is 1. The highest BCUT2D eigenvalue weighted by Crippen LogP contribution is 2.29. The van der Waals surface area contributed by atoms with E-state index in [2.05, 4.69) is 11.8 Å². The number of carbonyl (C=O) groups is 1. The fourth-order valence-corrected chi connectivity index (χ4v) is 3.82. The minimum absolute atomic E-state index is 0.277. The molecule has 3 heteroatoms. The van der Waals surface area contributed by atoms with Gasteiger partial charge in [0.15, 0.2) is 0 Å². The number of hydrogen-bond acceptors (Lipinski definition) is 2. The van der Waals surface area contributed by atoms with E-state index >= 15 is 0 Å². The first-order chi connectivity index (χ1) is 9.24. The van der Waals surface area contributed by atoms with Crippen molar-refractivity contribution in [2.24, 2.45) is 17.6 Å². The van der Waals surface area contributed by atoms with E-state index in [1.165, 1.54) is 38.5 Å². The molecule has 0 spiro atoms. The summed E-state index contributed by atoms with van der Waals surface area (Å²) in [5.74, 6) is 1.25. The van der Waals surface area contributed by atoms with Crippen molar-refractivity contribution in [1.82, 2.24) is 4.90 Å². The van der Waals surface area contributed by atoms with Crippen LogP contribution in [0, 0.1) is 11.8 Å². The first-order valence-corrected chi connectivity index (χ1v) is 8.24. The third-order valence-corrected chi connectivity index (χ3v) is 5.09. The third kappa shape index (κ3) is 3.71. The fourth-order valence-electron chi connectivity index (χ4n) is 3.82. The molecule has 0 aromatic rings. The molecule has 1 heterocycles. The van der Waals surface area contributed by atoms with Crippen molar-refractivity contribution < 1.29 is 4.79 Å². The zero-order valence-electron chi connectivity index (χ0n) is 12.4. The molecular formula is C16H30N2O. The quantitative estimate of drug-likeness (QED) is 0.835. The molecule has 2 unspecified atom stereocenters. The highest BCUT2D eigenvalue weighted by atomic mass is 16.2. The molecule has 2 aliphatic rings. The zero-order chi connectivity index (χ0) is 13.7. The van der Waals surface area contributed by atoms with Gasteiger partial charge in [-0.15, -0.1) is 0 Å². The maximum absolute atomic E-state index is 12.8. The van der Waals surface area contributed by atoms with E-state index in [9.17, 15) is 4.79 Å². The van der Waals surface area contributed by atoms with Crippen molar-refractivity contribution in [2.75, 3.05) is 13.1 Å². The van der Waals surface area contributed by atoms with Crippen LogP contribution in [0.4, 0.5) is 0 Å². The Bertz CT molecular complexity index is 284. The molecule has 0 aromatic carbocycles. The van der Waals surface area contributed by atoms with Crippen molar-refractivity contribution in [3.8, 4) is 0 Å². The molecule has 0 aromatic heterocycles. The summed E-state index contributed by atoms with van der Waals surface area (Å²) >= 11 is 0. The molecule has 2 fully saturated rings. The molecule has 0 radical (unpaired) electrons. The van der Waals surface area contributed by atoms with Gasteiger partial charge in [-0.1, -0.05) is 39.0 Å². The maximum Gasteiger partial charge on any atom is 0.225 e. The van der Waals surface area contributed by atoms with Gasteiger partial charge in [0.25, 0.3) is 0 Å². The van der Waals surface area contributed by atoms with Gasteiger partial charge in [0.05, 0.1) is 0 Å². The number of piperidine rings is 1. The van der Waals surface area contributed by atoms with Crippen LogP contribution in [-0.2, 0) is 4.79 Å². The minimum Gasteiger partial charge on any atom is -0.338 e. The standard InChI is InChI=1S/C16H30N2O/c1-13-8-7-11-18(15(13)12-17)16(19)14-9-5-3-2-4-6-10-14/h13-15H,2-12,17H2,1H3. The Morgan fingerprint density at radius 3 is 2.32 bits per heavy atom. The Labute approximate surface area is 117 Å². The average Bonchev–Trinajstić information content (AvgIpc) is 2.37. The normalized spacial score (nSPS) is 30.7. The lowest BCUT2D eigenvalue weighted by atomic mass is 9.86. The zero-order valence-corrected chi connectivity index (χ0v) is 12.4. The Kier molecular flexibility index (Phi) is 5.68. The second-order valence-corrected chi connectivity index (χ2v) is 6.50. The first kappa shape index (κ1) is 14.8. The predicted molar refractivity (Wildman–Crippen MR) is 78.8 cm³/mol. The summed E-state index contributed by atoms with van der Waals surface area (Å²) in [5, 5.41) is 0. The molecule has 1 saturated heterocycles. The Balaban J connectivity index is 1.99. The van der Waals surface area contributed by atoms with Crippen LogP contribution in [0.5, 0.6) is 0 Å². The molecule has 2 N–H and O–H groups in total. The van der Waals surface area contributed by atoms with Crippen LogP contribution in [0.3, 0.4) is 0 Å². The number of nitrogens with zero attached hydrogens (tertiary/aromatic N) is 1. The topological polar surface area (TPSA) is 46.3 Å². The summed E-state index contributed by atoms with van der Waals surface area (Å²) in [5.41, 5.74) is 5.91. The van der Waals surface area contributed by atoms with E-state index in [0.717, 1.165) is 25.8 Å². The maximum atomic E-state index is 12.8. The molecule has 19 heavy (non-hydrogen) atoms. The number of rotatable bonds is 2. The monoisotopic (exact) mass is 266 g/mol. The van der Waals surface area contributed by atoms with Gasteiger partial charge in [-0.3, -0.25) is 4.79 Å². The van der Waals surface area contributed by atoms with Gasteiger partial charge in [-0.05, 0) is 31.6 Å². The van der Waals surface area contributed by atoms with Crippen LogP contribution in [0.2, 0.25) is 0 Å². The third-order valence-electron chi connectivity index (χ3n) is 5.09. The molecule has 1 amide bonds. The summed E-state index contributed by atoms with van der Waals surface area (Å²) in [7, 11) is 0. The van der Waals surface area contributed by atoms with Crippen molar-refractivity contribution in [1.29, 1.82) is 0 Å². The van der Waals surface area contributed by atoms with Gasteiger partial charge in [-0.2, -0.15) is 0 Å². The molecule has 2 rings (SSSR count). The second kappa shape index (κ2) is 7.28. The lowest BCUT2D eigenvalue weighted by Crippen LogP contribution is -2.53. The van der Waals surface area contributed by atoms with Crippen LogP contribution in [0.25, 0.3) is 0 Å². The second-order valence-electron chi connectivity index (χ2n) is 6.50. The van der Waals surface area contributed by atoms with E-state index in [0.29, 0.717) is 18.4 Å². The molecule has 1 saturated carbocycles.